The van der Waals surface area contributed by atoms with Gasteiger partial charge in [0.15, 0.2) is 5.82 Å². The molecule has 3 amide bonds. The van der Waals surface area contributed by atoms with E-state index in [9.17, 15) is 9.59 Å². The van der Waals surface area contributed by atoms with E-state index in [4.69, 9.17) is 0 Å². The zero-order valence-corrected chi connectivity index (χ0v) is 16.3. The number of carbonyl (C=O) groups excluding carboxylic acids is 2. The van der Waals surface area contributed by atoms with Crippen LogP contribution in [0.15, 0.2) is 24.5 Å². The summed E-state index contributed by atoms with van der Waals surface area (Å²) in [6.07, 6.45) is 3.71. The maximum Gasteiger partial charge on any atom is 0.327 e. The highest BCUT2D eigenvalue weighted by molar-refractivity contribution is 5.96. The summed E-state index contributed by atoms with van der Waals surface area (Å²) >= 11 is 0. The van der Waals surface area contributed by atoms with Crippen molar-refractivity contribution in [3.05, 3.63) is 30.4 Å². The van der Waals surface area contributed by atoms with Gasteiger partial charge in [-0.3, -0.25) is 14.6 Å². The van der Waals surface area contributed by atoms with E-state index in [0.29, 0.717) is 12.2 Å². The van der Waals surface area contributed by atoms with Gasteiger partial charge in [-0.1, -0.05) is 0 Å². The molecule has 28 heavy (non-hydrogen) atoms. The van der Waals surface area contributed by atoms with Gasteiger partial charge in [-0.25, -0.2) is 19.4 Å². The molecule has 2 aromatic rings. The van der Waals surface area contributed by atoms with E-state index in [-0.39, 0.29) is 18.1 Å². The maximum atomic E-state index is 12.2. The summed E-state index contributed by atoms with van der Waals surface area (Å²) in [7, 11) is 3.29. The van der Waals surface area contributed by atoms with Gasteiger partial charge in [0.2, 0.25) is 5.91 Å². The first-order valence-corrected chi connectivity index (χ1v) is 9.32. The number of imide groups is 1. The Morgan fingerprint density at radius 1 is 1.04 bits per heavy atom. The number of urea groups is 1. The van der Waals surface area contributed by atoms with Crippen molar-refractivity contribution >= 4 is 17.8 Å². The first-order valence-electron chi connectivity index (χ1n) is 9.32. The van der Waals surface area contributed by atoms with Crippen LogP contribution in [0.4, 0.5) is 10.6 Å². The molecule has 2 aliphatic heterocycles. The van der Waals surface area contributed by atoms with Gasteiger partial charge in [-0.15, -0.1) is 0 Å². The second kappa shape index (κ2) is 7.19. The van der Waals surface area contributed by atoms with Crippen LogP contribution < -0.4 is 4.90 Å². The molecule has 10 nitrogen and oxygen atoms in total. The summed E-state index contributed by atoms with van der Waals surface area (Å²) < 4.78 is 1.72. The number of carbonyl (C=O) groups is 2. The zero-order chi connectivity index (χ0) is 19.8. The molecule has 0 spiro atoms. The van der Waals surface area contributed by atoms with Gasteiger partial charge < -0.3 is 9.80 Å². The smallest absolute Gasteiger partial charge is 0.327 e. The largest absolute Gasteiger partial charge is 0.354 e. The van der Waals surface area contributed by atoms with E-state index in [1.807, 2.05) is 25.3 Å². The SMILES string of the molecule is Cc1nc(N2CCN(C3CC(=O)N(C)C(=O)N3C)CC2)cc(-n2cccn2)n1. The number of aromatic nitrogens is 4. The van der Waals surface area contributed by atoms with Gasteiger partial charge in [-0.2, -0.15) is 5.10 Å². The molecular weight excluding hydrogens is 360 g/mol. The fraction of sp³-hybridized carbons (Fsp3) is 0.500. The minimum atomic E-state index is -0.251. The standard InChI is InChI=1S/C18H24N8O2/c1-13-20-14(11-15(21-13)26-6-4-5-19-26)24-7-9-25(10-8-24)16-12-17(27)23(3)18(28)22(16)2/h4-6,11,16H,7-10,12H2,1-3H3. The molecule has 0 N–H and O–H groups in total. The number of aryl methyl sites for hydroxylation is 1. The molecule has 148 valence electrons. The molecule has 2 saturated heterocycles. The topological polar surface area (TPSA) is 90.7 Å². The van der Waals surface area contributed by atoms with Crippen molar-refractivity contribution in [2.75, 3.05) is 45.2 Å². The third kappa shape index (κ3) is 3.31. The molecule has 0 aliphatic carbocycles. The molecule has 1 unspecified atom stereocenters. The van der Waals surface area contributed by atoms with Crippen LogP contribution in [0.1, 0.15) is 12.2 Å². The van der Waals surface area contributed by atoms with Crippen molar-refractivity contribution < 1.29 is 9.59 Å². The fourth-order valence-electron chi connectivity index (χ4n) is 3.74. The number of anilines is 1. The monoisotopic (exact) mass is 384 g/mol. The number of hydrogen-bond acceptors (Lipinski definition) is 7. The lowest BCUT2D eigenvalue weighted by molar-refractivity contribution is -0.134. The summed E-state index contributed by atoms with van der Waals surface area (Å²) in [4.78, 5) is 40.6. The Morgan fingerprint density at radius 3 is 2.43 bits per heavy atom. The minimum Gasteiger partial charge on any atom is -0.354 e. The number of nitrogens with zero attached hydrogens (tertiary/aromatic N) is 8. The molecule has 0 bridgehead atoms. The van der Waals surface area contributed by atoms with Crippen LogP contribution >= 0.6 is 0 Å². The predicted octanol–water partition coefficient (Wildman–Crippen LogP) is 0.333. The van der Waals surface area contributed by atoms with Crippen LogP contribution in [0.3, 0.4) is 0 Å². The summed E-state index contributed by atoms with van der Waals surface area (Å²) in [6.45, 7) is 4.89. The van der Waals surface area contributed by atoms with Gasteiger partial charge >= 0.3 is 6.03 Å². The highest BCUT2D eigenvalue weighted by Gasteiger charge is 2.38. The highest BCUT2D eigenvalue weighted by Crippen LogP contribution is 2.22. The number of amides is 3. The van der Waals surface area contributed by atoms with Crippen LogP contribution in [0.25, 0.3) is 5.82 Å². The average Bonchev–Trinajstić information content (AvgIpc) is 3.24. The van der Waals surface area contributed by atoms with Gasteiger partial charge in [0, 0.05) is 58.7 Å². The lowest BCUT2D eigenvalue weighted by Gasteiger charge is -2.45. The van der Waals surface area contributed by atoms with Crippen LogP contribution in [-0.2, 0) is 4.79 Å². The molecule has 4 rings (SSSR count). The number of rotatable bonds is 3. The molecule has 2 fully saturated rings. The van der Waals surface area contributed by atoms with Crippen molar-refractivity contribution in [3.63, 3.8) is 0 Å². The van der Waals surface area contributed by atoms with Crippen LogP contribution in [-0.4, -0.2) is 92.8 Å². The molecule has 4 heterocycles. The Morgan fingerprint density at radius 2 is 1.75 bits per heavy atom. The van der Waals surface area contributed by atoms with Gasteiger partial charge in [0.25, 0.3) is 0 Å². The van der Waals surface area contributed by atoms with Crippen molar-refractivity contribution in [1.29, 1.82) is 0 Å². The fourth-order valence-corrected chi connectivity index (χ4v) is 3.74. The predicted molar refractivity (Wildman–Crippen MR) is 102 cm³/mol. The molecule has 10 heteroatoms. The second-order valence-electron chi connectivity index (χ2n) is 7.14. The first kappa shape index (κ1) is 18.4. The molecule has 2 aromatic heterocycles. The third-order valence-electron chi connectivity index (χ3n) is 5.38. The summed E-state index contributed by atoms with van der Waals surface area (Å²) in [5, 5.41) is 4.24. The van der Waals surface area contributed by atoms with E-state index in [2.05, 4.69) is 24.9 Å². The molecule has 1 atom stereocenters. The third-order valence-corrected chi connectivity index (χ3v) is 5.38. The molecule has 2 aliphatic rings. The lowest BCUT2D eigenvalue weighted by atomic mass is 10.1. The summed E-state index contributed by atoms with van der Waals surface area (Å²) in [5.74, 6) is 2.16. The molecule has 0 radical (unpaired) electrons. The Hall–Kier alpha value is -3.01. The Labute approximate surface area is 163 Å². The molecule has 0 aromatic carbocycles. The van der Waals surface area contributed by atoms with Crippen molar-refractivity contribution in [1.82, 2.24) is 34.4 Å². The Kier molecular flexibility index (Phi) is 4.71. The van der Waals surface area contributed by atoms with E-state index >= 15 is 0 Å². The highest BCUT2D eigenvalue weighted by atomic mass is 16.2. The number of piperazine rings is 1. The van der Waals surface area contributed by atoms with E-state index in [0.717, 1.165) is 37.8 Å². The maximum absolute atomic E-state index is 12.2. The Balaban J connectivity index is 1.46. The van der Waals surface area contributed by atoms with E-state index in [1.54, 1.807) is 22.8 Å². The summed E-state index contributed by atoms with van der Waals surface area (Å²) in [5.41, 5.74) is 0. The number of hydrogen-bond donors (Lipinski definition) is 0. The van der Waals surface area contributed by atoms with Crippen molar-refractivity contribution in [2.24, 2.45) is 0 Å². The van der Waals surface area contributed by atoms with Gasteiger partial charge in [0.05, 0.1) is 12.6 Å². The van der Waals surface area contributed by atoms with Crippen molar-refractivity contribution in [3.8, 4) is 5.82 Å². The summed E-state index contributed by atoms with van der Waals surface area (Å²) in [6, 6.07) is 3.54. The minimum absolute atomic E-state index is 0.134. The molecule has 0 saturated carbocycles. The van der Waals surface area contributed by atoms with E-state index < -0.39 is 0 Å². The Bertz CT molecular complexity index is 876. The lowest BCUT2D eigenvalue weighted by Crippen LogP contribution is -2.62. The van der Waals surface area contributed by atoms with Crippen LogP contribution in [0, 0.1) is 6.92 Å². The van der Waals surface area contributed by atoms with Crippen molar-refractivity contribution in [2.45, 2.75) is 19.5 Å². The van der Waals surface area contributed by atoms with Gasteiger partial charge in [0.1, 0.15) is 11.6 Å². The average molecular weight is 384 g/mol. The molecular formula is C18H24N8O2. The van der Waals surface area contributed by atoms with Gasteiger partial charge in [-0.05, 0) is 13.0 Å². The van der Waals surface area contributed by atoms with E-state index in [1.165, 1.54) is 11.9 Å². The quantitative estimate of drug-likeness (QED) is 0.753. The van der Waals surface area contributed by atoms with Crippen LogP contribution in [0.5, 0.6) is 0 Å². The first-order chi connectivity index (χ1) is 13.4. The normalized spacial score (nSPS) is 21.5. The second-order valence-corrected chi connectivity index (χ2v) is 7.14. The zero-order valence-electron chi connectivity index (χ0n) is 16.3. The van der Waals surface area contributed by atoms with Crippen LogP contribution in [0.2, 0.25) is 0 Å².